The Balaban J connectivity index is 2.02. The third-order valence-electron chi connectivity index (χ3n) is 2.42. The fraction of sp³-hybridized carbons (Fsp3) is 0.417. The maximum atomic E-state index is 4.37. The molecule has 1 heterocycles. The van der Waals surface area contributed by atoms with E-state index in [9.17, 15) is 0 Å². The monoisotopic (exact) mass is 220 g/mol. The lowest BCUT2D eigenvalue weighted by Crippen LogP contribution is -1.97. The maximum absolute atomic E-state index is 4.37. The van der Waals surface area contributed by atoms with Crippen molar-refractivity contribution in [3.63, 3.8) is 0 Å². The lowest BCUT2D eigenvalue weighted by Gasteiger charge is -2.03. The van der Waals surface area contributed by atoms with Gasteiger partial charge in [-0.05, 0) is 30.1 Å². The van der Waals surface area contributed by atoms with Gasteiger partial charge in [0.05, 0.1) is 17.4 Å². The largest absolute Gasteiger partial charge is 0.331 e. The zero-order valence-corrected chi connectivity index (χ0v) is 9.83. The van der Waals surface area contributed by atoms with E-state index in [-0.39, 0.29) is 0 Å². The fourth-order valence-electron chi connectivity index (χ4n) is 1.67. The van der Waals surface area contributed by atoms with Crippen LogP contribution in [0, 0.1) is 0 Å². The van der Waals surface area contributed by atoms with Crippen LogP contribution in [0.2, 0.25) is 0 Å². The SMILES string of the molecule is CCSCCCn1cnc2ccccc21. The molecule has 1 aromatic carbocycles. The van der Waals surface area contributed by atoms with E-state index < -0.39 is 0 Å². The van der Waals surface area contributed by atoms with Crippen LogP contribution in [0.4, 0.5) is 0 Å². The molecule has 0 aliphatic rings. The average Bonchev–Trinajstić information content (AvgIpc) is 2.68. The van der Waals surface area contributed by atoms with Crippen LogP contribution in [0.15, 0.2) is 30.6 Å². The van der Waals surface area contributed by atoms with Crippen LogP contribution in [0.25, 0.3) is 11.0 Å². The quantitative estimate of drug-likeness (QED) is 0.720. The molecule has 1 aromatic heterocycles. The minimum absolute atomic E-state index is 1.08. The Morgan fingerprint density at radius 2 is 2.20 bits per heavy atom. The summed E-state index contributed by atoms with van der Waals surface area (Å²) in [7, 11) is 0. The van der Waals surface area contributed by atoms with Gasteiger partial charge in [0.2, 0.25) is 0 Å². The zero-order chi connectivity index (χ0) is 10.5. The lowest BCUT2D eigenvalue weighted by atomic mass is 10.3. The van der Waals surface area contributed by atoms with Gasteiger partial charge >= 0.3 is 0 Å². The van der Waals surface area contributed by atoms with Crippen LogP contribution in [-0.4, -0.2) is 21.1 Å². The lowest BCUT2D eigenvalue weighted by molar-refractivity contribution is 0.702. The van der Waals surface area contributed by atoms with Gasteiger partial charge in [0.25, 0.3) is 0 Å². The summed E-state index contributed by atoms with van der Waals surface area (Å²) in [5, 5.41) is 0. The molecule has 0 aliphatic carbocycles. The summed E-state index contributed by atoms with van der Waals surface area (Å²) >= 11 is 2.00. The maximum Gasteiger partial charge on any atom is 0.0958 e. The Morgan fingerprint density at radius 1 is 1.33 bits per heavy atom. The van der Waals surface area contributed by atoms with Crippen molar-refractivity contribution >= 4 is 22.8 Å². The summed E-state index contributed by atoms with van der Waals surface area (Å²) in [4.78, 5) is 4.37. The van der Waals surface area contributed by atoms with Crippen molar-refractivity contribution in [2.24, 2.45) is 0 Å². The second-order valence-electron chi connectivity index (χ2n) is 3.48. The predicted octanol–water partition coefficient (Wildman–Crippen LogP) is 3.18. The van der Waals surface area contributed by atoms with Gasteiger partial charge < -0.3 is 4.57 Å². The molecule has 0 amide bonds. The summed E-state index contributed by atoms with van der Waals surface area (Å²) in [5.74, 6) is 2.45. The van der Waals surface area contributed by atoms with E-state index in [0.717, 1.165) is 12.1 Å². The van der Waals surface area contributed by atoms with E-state index >= 15 is 0 Å². The molecular weight excluding hydrogens is 204 g/mol. The highest BCUT2D eigenvalue weighted by atomic mass is 32.2. The number of imidazole rings is 1. The van der Waals surface area contributed by atoms with Gasteiger partial charge in [-0.2, -0.15) is 11.8 Å². The molecule has 0 fully saturated rings. The highest BCUT2D eigenvalue weighted by molar-refractivity contribution is 7.99. The summed E-state index contributed by atoms with van der Waals surface area (Å²) in [6.07, 6.45) is 3.17. The zero-order valence-electron chi connectivity index (χ0n) is 9.02. The van der Waals surface area contributed by atoms with E-state index in [2.05, 4.69) is 34.7 Å². The average molecular weight is 220 g/mol. The topological polar surface area (TPSA) is 17.8 Å². The smallest absolute Gasteiger partial charge is 0.0958 e. The normalized spacial score (nSPS) is 11.0. The highest BCUT2D eigenvalue weighted by Crippen LogP contribution is 2.12. The molecule has 0 aliphatic heterocycles. The Labute approximate surface area is 94.7 Å². The Bertz CT molecular complexity index is 422. The molecule has 0 atom stereocenters. The van der Waals surface area contributed by atoms with Crippen LogP contribution in [0.1, 0.15) is 13.3 Å². The number of nitrogens with zero attached hydrogens (tertiary/aromatic N) is 2. The molecule has 0 unspecified atom stereocenters. The van der Waals surface area contributed by atoms with Crippen molar-refractivity contribution in [1.82, 2.24) is 9.55 Å². The summed E-state index contributed by atoms with van der Waals surface area (Å²) in [6, 6.07) is 8.30. The van der Waals surface area contributed by atoms with E-state index in [1.807, 2.05) is 24.2 Å². The molecular formula is C12H16N2S. The molecule has 0 saturated carbocycles. The van der Waals surface area contributed by atoms with Crippen molar-refractivity contribution in [3.05, 3.63) is 30.6 Å². The van der Waals surface area contributed by atoms with Crippen LogP contribution in [-0.2, 0) is 6.54 Å². The Hall–Kier alpha value is -0.960. The van der Waals surface area contributed by atoms with Crippen LogP contribution < -0.4 is 0 Å². The molecule has 0 N–H and O–H groups in total. The second-order valence-corrected chi connectivity index (χ2v) is 4.87. The molecule has 3 heteroatoms. The summed E-state index contributed by atoms with van der Waals surface area (Å²) < 4.78 is 2.24. The first-order valence-electron chi connectivity index (χ1n) is 5.39. The molecule has 80 valence electrons. The van der Waals surface area contributed by atoms with E-state index in [0.29, 0.717) is 0 Å². The molecule has 2 rings (SSSR count). The number of aromatic nitrogens is 2. The van der Waals surface area contributed by atoms with Gasteiger partial charge in [0, 0.05) is 6.54 Å². The molecule has 2 aromatic rings. The molecule has 0 bridgehead atoms. The van der Waals surface area contributed by atoms with Crippen molar-refractivity contribution < 1.29 is 0 Å². The van der Waals surface area contributed by atoms with Crippen LogP contribution >= 0.6 is 11.8 Å². The molecule has 0 saturated heterocycles. The van der Waals surface area contributed by atoms with Crippen molar-refractivity contribution in [1.29, 1.82) is 0 Å². The van der Waals surface area contributed by atoms with Gasteiger partial charge in [0.1, 0.15) is 0 Å². The summed E-state index contributed by atoms with van der Waals surface area (Å²) in [6.45, 7) is 3.28. The first-order valence-corrected chi connectivity index (χ1v) is 6.55. The molecule has 0 spiro atoms. The third kappa shape index (κ3) is 2.53. The number of aryl methyl sites for hydroxylation is 1. The Kier molecular flexibility index (Phi) is 3.67. The van der Waals surface area contributed by atoms with Gasteiger partial charge in [0.15, 0.2) is 0 Å². The van der Waals surface area contributed by atoms with E-state index in [1.54, 1.807) is 0 Å². The minimum atomic E-state index is 1.08. The number of fused-ring (bicyclic) bond motifs is 1. The van der Waals surface area contributed by atoms with E-state index in [4.69, 9.17) is 0 Å². The number of hydrogen-bond donors (Lipinski definition) is 0. The predicted molar refractivity (Wildman–Crippen MR) is 67.3 cm³/mol. The standard InChI is InChI=1S/C12H16N2S/c1-2-15-9-5-8-14-10-13-11-6-3-4-7-12(11)14/h3-4,6-7,10H,2,5,8-9H2,1H3. The number of hydrogen-bond acceptors (Lipinski definition) is 2. The molecule has 0 radical (unpaired) electrons. The fourth-order valence-corrected chi connectivity index (χ4v) is 2.29. The van der Waals surface area contributed by atoms with Crippen LogP contribution in [0.3, 0.4) is 0 Å². The van der Waals surface area contributed by atoms with Gasteiger partial charge in [-0.1, -0.05) is 19.1 Å². The number of benzene rings is 1. The molecule has 2 nitrogen and oxygen atoms in total. The highest BCUT2D eigenvalue weighted by Gasteiger charge is 1.99. The number of rotatable bonds is 5. The van der Waals surface area contributed by atoms with Crippen molar-refractivity contribution in [2.75, 3.05) is 11.5 Å². The van der Waals surface area contributed by atoms with Crippen LogP contribution in [0.5, 0.6) is 0 Å². The first kappa shape index (κ1) is 10.6. The van der Waals surface area contributed by atoms with Gasteiger partial charge in [-0.25, -0.2) is 4.98 Å². The van der Waals surface area contributed by atoms with Gasteiger partial charge in [-0.3, -0.25) is 0 Å². The Morgan fingerprint density at radius 3 is 3.07 bits per heavy atom. The number of para-hydroxylation sites is 2. The van der Waals surface area contributed by atoms with Crippen molar-refractivity contribution in [2.45, 2.75) is 19.9 Å². The second kappa shape index (κ2) is 5.21. The minimum Gasteiger partial charge on any atom is -0.331 e. The number of thioether (sulfide) groups is 1. The third-order valence-corrected chi connectivity index (χ3v) is 3.40. The summed E-state index contributed by atoms with van der Waals surface area (Å²) in [5.41, 5.74) is 2.35. The van der Waals surface area contributed by atoms with Crippen molar-refractivity contribution in [3.8, 4) is 0 Å². The van der Waals surface area contributed by atoms with E-state index in [1.165, 1.54) is 23.4 Å². The first-order chi connectivity index (χ1) is 7.42. The molecule has 15 heavy (non-hydrogen) atoms. The van der Waals surface area contributed by atoms with Gasteiger partial charge in [-0.15, -0.1) is 0 Å².